The molecule has 1 rings (SSSR count). The standard InChI is InChI=1S/C11H12ClNO4/c1-2-17-8-4-3-6(5-7(8)12)10(14)9(13)11(15)16/h3-5,9H,2,13H2,1H3,(H,15,16). The summed E-state index contributed by atoms with van der Waals surface area (Å²) in [6.07, 6.45) is 0. The lowest BCUT2D eigenvalue weighted by molar-refractivity contribution is -0.137. The maximum atomic E-state index is 11.6. The van der Waals surface area contributed by atoms with E-state index in [0.29, 0.717) is 12.4 Å². The molecule has 0 amide bonds. The van der Waals surface area contributed by atoms with Crippen molar-refractivity contribution in [1.29, 1.82) is 0 Å². The Kier molecular flexibility index (Phi) is 4.48. The van der Waals surface area contributed by atoms with E-state index in [0.717, 1.165) is 0 Å². The van der Waals surface area contributed by atoms with E-state index in [1.165, 1.54) is 18.2 Å². The average Bonchev–Trinajstić information content (AvgIpc) is 2.30. The lowest BCUT2D eigenvalue weighted by Gasteiger charge is -2.09. The molecule has 0 spiro atoms. The van der Waals surface area contributed by atoms with Crippen molar-refractivity contribution in [2.75, 3.05) is 6.61 Å². The summed E-state index contributed by atoms with van der Waals surface area (Å²) in [4.78, 5) is 22.2. The van der Waals surface area contributed by atoms with Gasteiger partial charge in [0, 0.05) is 5.56 Å². The van der Waals surface area contributed by atoms with Gasteiger partial charge in [0.25, 0.3) is 0 Å². The Hall–Kier alpha value is -1.59. The summed E-state index contributed by atoms with van der Waals surface area (Å²) in [5, 5.41) is 8.86. The molecular formula is C11H12ClNO4. The first-order chi connectivity index (χ1) is 7.97. The quantitative estimate of drug-likeness (QED) is 0.614. The van der Waals surface area contributed by atoms with E-state index in [-0.39, 0.29) is 10.6 Å². The molecule has 1 unspecified atom stereocenters. The van der Waals surface area contributed by atoms with Crippen LogP contribution in [-0.4, -0.2) is 29.5 Å². The van der Waals surface area contributed by atoms with Gasteiger partial charge < -0.3 is 15.6 Å². The van der Waals surface area contributed by atoms with Crippen LogP contribution in [-0.2, 0) is 4.79 Å². The number of hydrogen-bond donors (Lipinski definition) is 2. The molecule has 6 heteroatoms. The second-order valence-electron chi connectivity index (χ2n) is 3.26. The van der Waals surface area contributed by atoms with Crippen LogP contribution in [0.4, 0.5) is 0 Å². The second kappa shape index (κ2) is 5.65. The molecule has 0 radical (unpaired) electrons. The lowest BCUT2D eigenvalue weighted by Crippen LogP contribution is -2.38. The molecule has 5 nitrogen and oxygen atoms in total. The maximum absolute atomic E-state index is 11.6. The number of carboxylic acids is 1. The van der Waals surface area contributed by atoms with E-state index >= 15 is 0 Å². The van der Waals surface area contributed by atoms with Crippen molar-refractivity contribution in [3.63, 3.8) is 0 Å². The second-order valence-corrected chi connectivity index (χ2v) is 3.67. The molecular weight excluding hydrogens is 246 g/mol. The molecule has 17 heavy (non-hydrogen) atoms. The van der Waals surface area contributed by atoms with E-state index in [4.69, 9.17) is 27.2 Å². The predicted molar refractivity (Wildman–Crippen MR) is 62.6 cm³/mol. The van der Waals surface area contributed by atoms with Crippen LogP contribution in [0.5, 0.6) is 5.75 Å². The van der Waals surface area contributed by atoms with Crippen molar-refractivity contribution in [3.8, 4) is 5.75 Å². The van der Waals surface area contributed by atoms with Gasteiger partial charge >= 0.3 is 5.97 Å². The molecule has 1 aromatic carbocycles. The highest BCUT2D eigenvalue weighted by Gasteiger charge is 2.23. The van der Waals surface area contributed by atoms with Crippen molar-refractivity contribution in [1.82, 2.24) is 0 Å². The number of aliphatic carboxylic acids is 1. The highest BCUT2D eigenvalue weighted by Crippen LogP contribution is 2.25. The van der Waals surface area contributed by atoms with Gasteiger partial charge in [-0.05, 0) is 25.1 Å². The molecule has 0 aliphatic rings. The van der Waals surface area contributed by atoms with E-state index in [1.54, 1.807) is 6.92 Å². The number of hydrogen-bond acceptors (Lipinski definition) is 4. The van der Waals surface area contributed by atoms with Gasteiger partial charge in [0.1, 0.15) is 5.75 Å². The maximum Gasteiger partial charge on any atom is 0.328 e. The summed E-state index contributed by atoms with van der Waals surface area (Å²) >= 11 is 5.87. The van der Waals surface area contributed by atoms with Crippen LogP contribution in [0.1, 0.15) is 17.3 Å². The van der Waals surface area contributed by atoms with Gasteiger partial charge in [0.05, 0.1) is 11.6 Å². The fourth-order valence-corrected chi connectivity index (χ4v) is 1.45. The predicted octanol–water partition coefficient (Wildman–Crippen LogP) is 1.33. The Labute approximate surface area is 103 Å². The third kappa shape index (κ3) is 3.18. The van der Waals surface area contributed by atoms with Gasteiger partial charge in [0.2, 0.25) is 0 Å². The van der Waals surface area contributed by atoms with Crippen LogP contribution in [0.2, 0.25) is 5.02 Å². The van der Waals surface area contributed by atoms with Crippen LogP contribution in [0.25, 0.3) is 0 Å². The van der Waals surface area contributed by atoms with Gasteiger partial charge in [-0.3, -0.25) is 9.59 Å². The van der Waals surface area contributed by atoms with Crippen LogP contribution in [0, 0.1) is 0 Å². The number of nitrogens with two attached hydrogens (primary N) is 1. The number of ketones is 1. The smallest absolute Gasteiger partial charge is 0.328 e. The first-order valence-electron chi connectivity index (χ1n) is 4.92. The van der Waals surface area contributed by atoms with Crippen molar-refractivity contribution in [2.45, 2.75) is 13.0 Å². The van der Waals surface area contributed by atoms with Crippen molar-refractivity contribution >= 4 is 23.4 Å². The molecule has 0 saturated carbocycles. The Morgan fingerprint density at radius 3 is 2.65 bits per heavy atom. The zero-order chi connectivity index (χ0) is 13.0. The molecule has 0 aromatic heterocycles. The van der Waals surface area contributed by atoms with E-state index < -0.39 is 17.8 Å². The Morgan fingerprint density at radius 1 is 1.53 bits per heavy atom. The first kappa shape index (κ1) is 13.5. The average molecular weight is 258 g/mol. The number of carbonyl (C=O) groups excluding carboxylic acids is 1. The van der Waals surface area contributed by atoms with Crippen molar-refractivity contribution < 1.29 is 19.4 Å². The summed E-state index contributed by atoms with van der Waals surface area (Å²) in [7, 11) is 0. The molecule has 0 aliphatic heterocycles. The van der Waals surface area contributed by atoms with E-state index in [1.807, 2.05) is 0 Å². The molecule has 0 bridgehead atoms. The lowest BCUT2D eigenvalue weighted by atomic mass is 10.1. The highest BCUT2D eigenvalue weighted by atomic mass is 35.5. The zero-order valence-corrected chi connectivity index (χ0v) is 9.90. The Bertz CT molecular complexity index is 447. The van der Waals surface area contributed by atoms with Crippen LogP contribution in [0.15, 0.2) is 18.2 Å². The van der Waals surface area contributed by atoms with Crippen molar-refractivity contribution in [2.24, 2.45) is 5.73 Å². The third-order valence-corrected chi connectivity index (χ3v) is 2.36. The number of ether oxygens (including phenoxy) is 1. The largest absolute Gasteiger partial charge is 0.492 e. The van der Waals surface area contributed by atoms with Gasteiger partial charge in [-0.15, -0.1) is 0 Å². The van der Waals surface area contributed by atoms with Gasteiger partial charge in [-0.1, -0.05) is 11.6 Å². The number of carboxylic acid groups (broad SMARTS) is 1. The molecule has 0 saturated heterocycles. The molecule has 3 N–H and O–H groups in total. The van der Waals surface area contributed by atoms with Gasteiger partial charge in [-0.25, -0.2) is 0 Å². The first-order valence-corrected chi connectivity index (χ1v) is 5.30. The minimum atomic E-state index is -1.58. The van der Waals surface area contributed by atoms with E-state index in [2.05, 4.69) is 0 Å². The van der Waals surface area contributed by atoms with Crippen LogP contribution >= 0.6 is 11.6 Å². The number of rotatable bonds is 5. The molecule has 0 aliphatic carbocycles. The zero-order valence-electron chi connectivity index (χ0n) is 9.14. The molecule has 1 atom stereocenters. The molecule has 1 aromatic rings. The third-order valence-electron chi connectivity index (χ3n) is 2.06. The number of Topliss-reactive ketones (excluding diaryl/α,β-unsaturated/α-hetero) is 1. The normalized spacial score (nSPS) is 11.9. The topological polar surface area (TPSA) is 89.6 Å². The summed E-state index contributed by atoms with van der Waals surface area (Å²) in [6.45, 7) is 2.25. The Morgan fingerprint density at radius 2 is 2.18 bits per heavy atom. The van der Waals surface area contributed by atoms with Gasteiger partial charge in [0.15, 0.2) is 11.8 Å². The monoisotopic (exact) mass is 257 g/mol. The fourth-order valence-electron chi connectivity index (χ4n) is 1.22. The van der Waals surface area contributed by atoms with Crippen LogP contribution in [0.3, 0.4) is 0 Å². The minimum Gasteiger partial charge on any atom is -0.492 e. The van der Waals surface area contributed by atoms with E-state index in [9.17, 15) is 9.59 Å². The highest BCUT2D eigenvalue weighted by molar-refractivity contribution is 6.32. The van der Waals surface area contributed by atoms with Crippen LogP contribution < -0.4 is 10.5 Å². The molecule has 0 fully saturated rings. The molecule has 92 valence electrons. The summed E-state index contributed by atoms with van der Waals surface area (Å²) in [6, 6.07) is 2.71. The fraction of sp³-hybridized carbons (Fsp3) is 0.273. The number of carbonyl (C=O) groups is 2. The van der Waals surface area contributed by atoms with Crippen molar-refractivity contribution in [3.05, 3.63) is 28.8 Å². The summed E-state index contributed by atoms with van der Waals surface area (Å²) in [5.41, 5.74) is 5.36. The number of benzene rings is 1. The molecule has 0 heterocycles. The number of halogens is 1. The Balaban J connectivity index is 2.97. The van der Waals surface area contributed by atoms with Gasteiger partial charge in [-0.2, -0.15) is 0 Å². The summed E-state index contributed by atoms with van der Waals surface area (Å²) in [5.74, 6) is -1.63. The SMILES string of the molecule is CCOc1ccc(C(=O)C(N)C(=O)O)cc1Cl. The summed E-state index contributed by atoms with van der Waals surface area (Å²) < 4.78 is 5.19. The minimum absolute atomic E-state index is 0.147.